The van der Waals surface area contributed by atoms with E-state index in [1.165, 1.54) is 0 Å². The predicted octanol–water partition coefficient (Wildman–Crippen LogP) is 1.43. The van der Waals surface area contributed by atoms with Gasteiger partial charge in [-0.15, -0.1) is 24.0 Å². The van der Waals surface area contributed by atoms with E-state index in [-0.39, 0.29) is 24.0 Å². The summed E-state index contributed by atoms with van der Waals surface area (Å²) in [5, 5.41) is 6.42. The maximum Gasteiger partial charge on any atom is 0.248 e. The molecule has 112 valence electrons. The zero-order valence-corrected chi connectivity index (χ0v) is 14.8. The molecule has 0 heterocycles. The first-order valence-corrected chi connectivity index (χ1v) is 7.39. The second kappa shape index (κ2) is 10.8. The molecule has 0 aliphatic rings. The Balaban J connectivity index is 0.00000361. The lowest BCUT2D eigenvalue weighted by Crippen LogP contribution is -2.37. The number of rotatable bonds is 6. The highest BCUT2D eigenvalue weighted by Gasteiger charge is 2.01. The average molecular weight is 408 g/mol. The van der Waals surface area contributed by atoms with Crippen molar-refractivity contribution in [2.24, 2.45) is 10.7 Å². The van der Waals surface area contributed by atoms with Gasteiger partial charge in [-0.1, -0.05) is 12.1 Å². The highest BCUT2D eigenvalue weighted by Crippen LogP contribution is 2.03. The van der Waals surface area contributed by atoms with E-state index in [4.69, 9.17) is 5.73 Å². The fraction of sp³-hybridized carbons (Fsp3) is 0.385. The molecule has 5 nitrogen and oxygen atoms in total. The summed E-state index contributed by atoms with van der Waals surface area (Å²) in [4.78, 5) is 15.1. The number of guanidine groups is 1. The summed E-state index contributed by atoms with van der Waals surface area (Å²) >= 11 is 1.78. The Bertz CT molecular complexity index is 437. The average Bonchev–Trinajstić information content (AvgIpc) is 2.43. The summed E-state index contributed by atoms with van der Waals surface area (Å²) in [6.45, 7) is 1.53. The number of nitrogens with one attached hydrogen (secondary N) is 2. The molecule has 0 aromatic heterocycles. The molecule has 4 N–H and O–H groups in total. The largest absolute Gasteiger partial charge is 0.366 e. The highest BCUT2D eigenvalue weighted by molar-refractivity contribution is 14.0. The van der Waals surface area contributed by atoms with Crippen molar-refractivity contribution < 1.29 is 4.79 Å². The van der Waals surface area contributed by atoms with Crippen molar-refractivity contribution in [2.45, 2.75) is 6.54 Å². The Labute approximate surface area is 141 Å². The molecule has 0 aliphatic carbocycles. The quantitative estimate of drug-likeness (QED) is 0.288. The fourth-order valence-electron chi connectivity index (χ4n) is 1.46. The van der Waals surface area contributed by atoms with Crippen molar-refractivity contribution in [1.29, 1.82) is 0 Å². The number of thioether (sulfide) groups is 1. The molecule has 0 atom stereocenters. The van der Waals surface area contributed by atoms with Crippen LogP contribution >= 0.6 is 35.7 Å². The Morgan fingerprint density at radius 2 is 1.95 bits per heavy atom. The molecule has 1 amide bonds. The molecule has 0 fully saturated rings. The third-order valence-electron chi connectivity index (χ3n) is 2.52. The maximum atomic E-state index is 10.9. The van der Waals surface area contributed by atoms with Crippen LogP contribution in [-0.2, 0) is 6.54 Å². The van der Waals surface area contributed by atoms with Gasteiger partial charge >= 0.3 is 0 Å². The second-order valence-electron chi connectivity index (χ2n) is 3.91. The van der Waals surface area contributed by atoms with Gasteiger partial charge in [0.1, 0.15) is 0 Å². The number of amides is 1. The van der Waals surface area contributed by atoms with Gasteiger partial charge in [-0.25, -0.2) is 0 Å². The van der Waals surface area contributed by atoms with Crippen LogP contribution in [0.4, 0.5) is 0 Å². The molecule has 0 saturated carbocycles. The number of benzene rings is 1. The van der Waals surface area contributed by atoms with Gasteiger partial charge < -0.3 is 16.4 Å². The van der Waals surface area contributed by atoms with E-state index in [2.05, 4.69) is 21.9 Å². The molecule has 0 radical (unpaired) electrons. The molecule has 0 aliphatic heterocycles. The Kier molecular flexibility index (Phi) is 10.3. The molecule has 0 unspecified atom stereocenters. The summed E-state index contributed by atoms with van der Waals surface area (Å²) < 4.78 is 0. The Morgan fingerprint density at radius 1 is 1.30 bits per heavy atom. The van der Waals surface area contributed by atoms with E-state index < -0.39 is 5.91 Å². The van der Waals surface area contributed by atoms with Gasteiger partial charge in [0.2, 0.25) is 5.91 Å². The topological polar surface area (TPSA) is 79.5 Å². The fourth-order valence-corrected chi connectivity index (χ4v) is 1.77. The summed E-state index contributed by atoms with van der Waals surface area (Å²) in [5.41, 5.74) is 6.78. The summed E-state index contributed by atoms with van der Waals surface area (Å²) in [6, 6.07) is 7.21. The van der Waals surface area contributed by atoms with Crippen LogP contribution in [0, 0.1) is 0 Å². The minimum Gasteiger partial charge on any atom is -0.366 e. The second-order valence-corrected chi connectivity index (χ2v) is 4.89. The van der Waals surface area contributed by atoms with Gasteiger partial charge in [-0.05, 0) is 24.0 Å². The van der Waals surface area contributed by atoms with Crippen LogP contribution in [0.25, 0.3) is 0 Å². The molecule has 0 spiro atoms. The van der Waals surface area contributed by atoms with Gasteiger partial charge in [0.05, 0.1) is 0 Å². The number of aliphatic imine (C=N–C) groups is 1. The number of hydrogen-bond acceptors (Lipinski definition) is 3. The van der Waals surface area contributed by atoms with Crippen molar-refractivity contribution in [3.8, 4) is 0 Å². The zero-order chi connectivity index (χ0) is 14.1. The smallest absolute Gasteiger partial charge is 0.248 e. The number of nitrogens with zero attached hydrogens (tertiary/aromatic N) is 1. The molecule has 0 saturated heterocycles. The molecule has 0 bridgehead atoms. The maximum absolute atomic E-state index is 10.9. The Morgan fingerprint density at radius 3 is 2.45 bits per heavy atom. The van der Waals surface area contributed by atoms with Crippen molar-refractivity contribution in [3.63, 3.8) is 0 Å². The molecular formula is C13H21IN4OS. The van der Waals surface area contributed by atoms with E-state index in [9.17, 15) is 4.79 Å². The lowest BCUT2D eigenvalue weighted by molar-refractivity contribution is 0.100. The van der Waals surface area contributed by atoms with Gasteiger partial charge in [-0.3, -0.25) is 9.79 Å². The van der Waals surface area contributed by atoms with Crippen LogP contribution in [-0.4, -0.2) is 37.5 Å². The monoisotopic (exact) mass is 408 g/mol. The van der Waals surface area contributed by atoms with E-state index >= 15 is 0 Å². The molecular weight excluding hydrogens is 387 g/mol. The first kappa shape index (κ1) is 19.0. The van der Waals surface area contributed by atoms with E-state index in [1.807, 2.05) is 12.1 Å². The van der Waals surface area contributed by atoms with E-state index in [0.29, 0.717) is 12.1 Å². The van der Waals surface area contributed by atoms with Gasteiger partial charge in [0, 0.05) is 31.5 Å². The number of hydrogen-bond donors (Lipinski definition) is 3. The van der Waals surface area contributed by atoms with Crippen molar-refractivity contribution >= 4 is 47.6 Å². The van der Waals surface area contributed by atoms with Crippen molar-refractivity contribution in [3.05, 3.63) is 35.4 Å². The van der Waals surface area contributed by atoms with Crippen LogP contribution in [0.1, 0.15) is 15.9 Å². The van der Waals surface area contributed by atoms with E-state index in [1.54, 1.807) is 30.9 Å². The number of carbonyl (C=O) groups excluding carboxylic acids is 1. The predicted molar refractivity (Wildman–Crippen MR) is 97.0 cm³/mol. The zero-order valence-electron chi connectivity index (χ0n) is 11.7. The standard InChI is InChI=1S/C13H20N4OS.HI/c1-15-13(16-7-8-19-2)17-9-10-3-5-11(6-4-10)12(14)18;/h3-6H,7-9H2,1-2H3,(H2,14,18)(H2,15,16,17);1H. The van der Waals surface area contributed by atoms with Crippen molar-refractivity contribution in [2.75, 3.05) is 25.6 Å². The molecule has 1 rings (SSSR count). The van der Waals surface area contributed by atoms with Gasteiger partial charge in [0.15, 0.2) is 5.96 Å². The van der Waals surface area contributed by atoms with Crippen LogP contribution in [0.5, 0.6) is 0 Å². The van der Waals surface area contributed by atoms with Gasteiger partial charge in [0.25, 0.3) is 0 Å². The SMILES string of the molecule is CN=C(NCCSC)NCc1ccc(C(N)=O)cc1.I. The lowest BCUT2D eigenvalue weighted by atomic mass is 10.1. The normalized spacial score (nSPS) is 10.6. The number of carbonyl (C=O) groups is 1. The minimum atomic E-state index is -0.408. The summed E-state index contributed by atoms with van der Waals surface area (Å²) in [6.07, 6.45) is 2.07. The minimum absolute atomic E-state index is 0. The van der Waals surface area contributed by atoms with Gasteiger partial charge in [-0.2, -0.15) is 11.8 Å². The van der Waals surface area contributed by atoms with Crippen LogP contribution in [0.2, 0.25) is 0 Å². The number of primary amides is 1. The third-order valence-corrected chi connectivity index (χ3v) is 3.13. The van der Waals surface area contributed by atoms with Crippen LogP contribution in [0.3, 0.4) is 0 Å². The number of nitrogens with two attached hydrogens (primary N) is 1. The molecule has 1 aromatic carbocycles. The Hall–Kier alpha value is -0.960. The highest BCUT2D eigenvalue weighted by atomic mass is 127. The van der Waals surface area contributed by atoms with Crippen LogP contribution in [0.15, 0.2) is 29.3 Å². The summed E-state index contributed by atoms with van der Waals surface area (Å²) in [7, 11) is 1.74. The van der Waals surface area contributed by atoms with Crippen LogP contribution < -0.4 is 16.4 Å². The lowest BCUT2D eigenvalue weighted by Gasteiger charge is -2.11. The summed E-state index contributed by atoms with van der Waals surface area (Å²) in [5.74, 6) is 1.40. The first-order chi connectivity index (χ1) is 9.17. The first-order valence-electron chi connectivity index (χ1n) is 5.99. The third kappa shape index (κ3) is 6.99. The van der Waals surface area contributed by atoms with E-state index in [0.717, 1.165) is 23.8 Å². The molecule has 7 heteroatoms. The molecule has 1 aromatic rings. The number of halogens is 1. The molecule has 20 heavy (non-hydrogen) atoms. The van der Waals surface area contributed by atoms with Crippen molar-refractivity contribution in [1.82, 2.24) is 10.6 Å².